The summed E-state index contributed by atoms with van der Waals surface area (Å²) in [4.78, 5) is 23.1. The van der Waals surface area contributed by atoms with Crippen LogP contribution >= 0.6 is 0 Å². The van der Waals surface area contributed by atoms with Gasteiger partial charge < -0.3 is 14.5 Å². The lowest BCUT2D eigenvalue weighted by atomic mass is 10.1. The van der Waals surface area contributed by atoms with Crippen LogP contribution in [0.1, 0.15) is 33.1 Å². The van der Waals surface area contributed by atoms with Gasteiger partial charge in [0.25, 0.3) is 5.91 Å². The van der Waals surface area contributed by atoms with E-state index in [1.807, 2.05) is 66.7 Å². The molecule has 1 amide bonds. The summed E-state index contributed by atoms with van der Waals surface area (Å²) in [5.74, 6) is 1.28. The molecule has 196 valence electrons. The Bertz CT molecular complexity index is 1490. The van der Waals surface area contributed by atoms with E-state index in [0.717, 1.165) is 28.2 Å². The number of rotatable bonds is 11. The maximum Gasteiger partial charge on any atom is 0.273 e. The Morgan fingerprint density at radius 1 is 0.821 bits per heavy atom. The number of para-hydroxylation sites is 1. The Balaban J connectivity index is 1.28. The molecule has 0 radical (unpaired) electrons. The van der Waals surface area contributed by atoms with E-state index in [0.29, 0.717) is 32.1 Å². The fraction of sp³-hybridized carbons (Fsp3) is 0.129. The van der Waals surface area contributed by atoms with Gasteiger partial charge >= 0.3 is 0 Å². The largest absolute Gasteiger partial charge is 0.457 e. The molecule has 0 unspecified atom stereocenters. The average Bonchev–Trinajstić information content (AvgIpc) is 3.43. The SMILES string of the molecule is O=C(NCc1ccncc1)c1coc(CN(Cc2ccc(F)cc2)Cc2cccc(Oc3ccccc3)c2)n1. The highest BCUT2D eigenvalue weighted by Gasteiger charge is 2.16. The summed E-state index contributed by atoms with van der Waals surface area (Å²) < 4.78 is 25.2. The number of benzene rings is 3. The van der Waals surface area contributed by atoms with Gasteiger partial charge in [-0.1, -0.05) is 42.5 Å². The van der Waals surface area contributed by atoms with E-state index in [9.17, 15) is 9.18 Å². The highest BCUT2D eigenvalue weighted by molar-refractivity contribution is 5.91. The van der Waals surface area contributed by atoms with Crippen LogP contribution in [-0.4, -0.2) is 20.8 Å². The van der Waals surface area contributed by atoms with E-state index in [-0.39, 0.29) is 17.4 Å². The number of nitrogens with one attached hydrogen (secondary N) is 1. The normalized spacial score (nSPS) is 10.9. The van der Waals surface area contributed by atoms with Gasteiger partial charge in [-0.2, -0.15) is 0 Å². The molecule has 39 heavy (non-hydrogen) atoms. The Hall–Kier alpha value is -4.82. The van der Waals surface area contributed by atoms with Crippen LogP contribution in [0.2, 0.25) is 0 Å². The fourth-order valence-electron chi connectivity index (χ4n) is 4.06. The standard InChI is InChI=1S/C31H27FN4O3/c32-26-11-9-24(10-12-26)19-36(20-25-5-4-8-28(17-25)39-27-6-2-1-3-7-27)21-30-35-29(22-38-30)31(37)34-18-23-13-15-33-16-14-23/h1-17,22H,18-21H2,(H,34,37). The van der Waals surface area contributed by atoms with Crippen LogP contribution in [0.15, 0.2) is 114 Å². The Morgan fingerprint density at radius 2 is 1.56 bits per heavy atom. The van der Waals surface area contributed by atoms with Crippen LogP contribution < -0.4 is 10.1 Å². The predicted octanol–water partition coefficient (Wildman–Crippen LogP) is 6.13. The first-order valence-electron chi connectivity index (χ1n) is 12.5. The van der Waals surface area contributed by atoms with Crippen LogP contribution in [0.4, 0.5) is 4.39 Å². The molecule has 0 aliphatic rings. The molecule has 5 aromatic rings. The first-order chi connectivity index (χ1) is 19.1. The molecule has 0 spiro atoms. The van der Waals surface area contributed by atoms with Gasteiger partial charge in [0.15, 0.2) is 5.69 Å². The van der Waals surface area contributed by atoms with Gasteiger partial charge in [-0.05, 0) is 65.2 Å². The second kappa shape index (κ2) is 12.6. The minimum Gasteiger partial charge on any atom is -0.457 e. The number of carbonyl (C=O) groups excluding carboxylic acids is 1. The van der Waals surface area contributed by atoms with Crippen molar-refractivity contribution in [2.45, 2.75) is 26.2 Å². The van der Waals surface area contributed by atoms with Crippen LogP contribution in [0, 0.1) is 5.82 Å². The molecule has 0 saturated heterocycles. The molecule has 3 aromatic carbocycles. The average molecular weight is 523 g/mol. The predicted molar refractivity (Wildman–Crippen MR) is 144 cm³/mol. The van der Waals surface area contributed by atoms with Gasteiger partial charge in [0.05, 0.1) is 6.54 Å². The number of aromatic nitrogens is 2. The zero-order valence-corrected chi connectivity index (χ0v) is 21.2. The molecule has 0 saturated carbocycles. The second-order valence-electron chi connectivity index (χ2n) is 9.00. The smallest absolute Gasteiger partial charge is 0.273 e. The topological polar surface area (TPSA) is 80.5 Å². The molecule has 2 heterocycles. The van der Waals surface area contributed by atoms with Crippen LogP contribution in [0.25, 0.3) is 0 Å². The van der Waals surface area contributed by atoms with Gasteiger partial charge in [0.2, 0.25) is 5.89 Å². The highest BCUT2D eigenvalue weighted by atomic mass is 19.1. The number of hydrogen-bond donors (Lipinski definition) is 1. The number of oxazole rings is 1. The van der Waals surface area contributed by atoms with E-state index in [2.05, 4.69) is 20.2 Å². The summed E-state index contributed by atoms with van der Waals surface area (Å²) in [7, 11) is 0. The lowest BCUT2D eigenvalue weighted by Crippen LogP contribution is -2.24. The van der Waals surface area contributed by atoms with Gasteiger partial charge in [-0.15, -0.1) is 0 Å². The van der Waals surface area contributed by atoms with E-state index < -0.39 is 0 Å². The number of ether oxygens (including phenoxy) is 1. The van der Waals surface area contributed by atoms with E-state index >= 15 is 0 Å². The number of nitrogens with zero attached hydrogens (tertiary/aromatic N) is 3. The molecule has 1 N–H and O–H groups in total. The minimum absolute atomic E-state index is 0.207. The zero-order chi connectivity index (χ0) is 26.9. The van der Waals surface area contributed by atoms with Crippen molar-refractivity contribution >= 4 is 5.91 Å². The van der Waals surface area contributed by atoms with Crippen molar-refractivity contribution in [3.05, 3.63) is 144 Å². The molecular weight excluding hydrogens is 495 g/mol. The minimum atomic E-state index is -0.322. The number of pyridine rings is 1. The number of amides is 1. The van der Waals surface area contributed by atoms with Crippen molar-refractivity contribution in [1.82, 2.24) is 20.2 Å². The molecule has 0 atom stereocenters. The summed E-state index contributed by atoms with van der Waals surface area (Å²) in [6.07, 6.45) is 4.71. The molecular formula is C31H27FN4O3. The maximum atomic E-state index is 13.5. The zero-order valence-electron chi connectivity index (χ0n) is 21.2. The van der Waals surface area contributed by atoms with Crippen molar-refractivity contribution in [2.75, 3.05) is 0 Å². The maximum absolute atomic E-state index is 13.5. The Morgan fingerprint density at radius 3 is 2.36 bits per heavy atom. The fourth-order valence-corrected chi connectivity index (χ4v) is 4.06. The van der Waals surface area contributed by atoms with E-state index in [4.69, 9.17) is 9.15 Å². The first kappa shape index (κ1) is 25.8. The monoisotopic (exact) mass is 522 g/mol. The quantitative estimate of drug-likeness (QED) is 0.225. The van der Waals surface area contributed by atoms with Crippen LogP contribution in [-0.2, 0) is 26.2 Å². The van der Waals surface area contributed by atoms with Crippen molar-refractivity contribution in [2.24, 2.45) is 0 Å². The Labute approximate surface area is 225 Å². The molecule has 0 aliphatic heterocycles. The lowest BCUT2D eigenvalue weighted by molar-refractivity contribution is 0.0945. The lowest BCUT2D eigenvalue weighted by Gasteiger charge is -2.21. The third kappa shape index (κ3) is 7.59. The van der Waals surface area contributed by atoms with E-state index in [1.54, 1.807) is 24.5 Å². The number of halogens is 1. The van der Waals surface area contributed by atoms with Crippen molar-refractivity contribution in [3.63, 3.8) is 0 Å². The van der Waals surface area contributed by atoms with Crippen LogP contribution in [0.3, 0.4) is 0 Å². The molecule has 8 heteroatoms. The summed E-state index contributed by atoms with van der Waals surface area (Å²) in [5.41, 5.74) is 3.10. The summed E-state index contributed by atoms with van der Waals surface area (Å²) >= 11 is 0. The van der Waals surface area contributed by atoms with Crippen molar-refractivity contribution in [1.29, 1.82) is 0 Å². The molecule has 5 rings (SSSR count). The molecule has 0 fully saturated rings. The molecule has 7 nitrogen and oxygen atoms in total. The Kier molecular flexibility index (Phi) is 8.35. The van der Waals surface area contributed by atoms with Gasteiger partial charge in [-0.3, -0.25) is 14.7 Å². The van der Waals surface area contributed by atoms with Gasteiger partial charge in [0.1, 0.15) is 23.6 Å². The summed E-state index contributed by atoms with van der Waals surface area (Å²) in [6.45, 7) is 1.78. The highest BCUT2D eigenvalue weighted by Crippen LogP contribution is 2.23. The first-order valence-corrected chi connectivity index (χ1v) is 12.5. The van der Waals surface area contributed by atoms with E-state index in [1.165, 1.54) is 18.4 Å². The number of carbonyl (C=O) groups is 1. The summed E-state index contributed by atoms with van der Waals surface area (Å²) in [5, 5.41) is 2.84. The molecule has 2 aromatic heterocycles. The molecule has 0 aliphatic carbocycles. The third-order valence-electron chi connectivity index (χ3n) is 5.95. The van der Waals surface area contributed by atoms with Gasteiger partial charge in [0, 0.05) is 32.0 Å². The third-order valence-corrected chi connectivity index (χ3v) is 5.95. The van der Waals surface area contributed by atoms with Crippen LogP contribution in [0.5, 0.6) is 11.5 Å². The number of hydrogen-bond acceptors (Lipinski definition) is 6. The molecule has 0 bridgehead atoms. The van der Waals surface area contributed by atoms with Crippen molar-refractivity contribution < 1.29 is 18.3 Å². The summed E-state index contributed by atoms with van der Waals surface area (Å²) in [6, 6.07) is 27.5. The second-order valence-corrected chi connectivity index (χ2v) is 9.00. The van der Waals surface area contributed by atoms with Crippen molar-refractivity contribution in [3.8, 4) is 11.5 Å². The van der Waals surface area contributed by atoms with Gasteiger partial charge in [-0.25, -0.2) is 9.37 Å².